The number of alkyl carbamates (subject to hydrolysis) is 1. The molecule has 6 heteroatoms. The van der Waals surface area contributed by atoms with E-state index in [2.05, 4.69) is 11.4 Å². The van der Waals surface area contributed by atoms with Crippen molar-refractivity contribution in [3.05, 3.63) is 89.5 Å². The van der Waals surface area contributed by atoms with E-state index in [0.29, 0.717) is 18.9 Å². The van der Waals surface area contributed by atoms with Crippen LogP contribution in [-0.4, -0.2) is 24.8 Å². The van der Waals surface area contributed by atoms with E-state index in [9.17, 15) is 9.59 Å². The maximum Gasteiger partial charge on any atom is 0.407 e. The second-order valence-corrected chi connectivity index (χ2v) is 8.91. The lowest BCUT2D eigenvalue weighted by atomic mass is 10.0. The lowest BCUT2D eigenvalue weighted by molar-refractivity contribution is -0.139. The second kappa shape index (κ2) is 11.4. The van der Waals surface area contributed by atoms with E-state index in [4.69, 9.17) is 14.2 Å². The van der Waals surface area contributed by atoms with Gasteiger partial charge in [0.1, 0.15) is 18.0 Å². The maximum atomic E-state index is 11.9. The quantitative estimate of drug-likeness (QED) is 0.437. The molecular weight excluding hydrogens is 430 g/mol. The van der Waals surface area contributed by atoms with Crippen LogP contribution in [0.2, 0.25) is 0 Å². The molecule has 34 heavy (non-hydrogen) atoms. The summed E-state index contributed by atoms with van der Waals surface area (Å²) in [6.45, 7) is 6.25. The van der Waals surface area contributed by atoms with Gasteiger partial charge < -0.3 is 19.5 Å². The van der Waals surface area contributed by atoms with Crippen LogP contribution in [0.4, 0.5) is 4.79 Å². The Bertz CT molecular complexity index is 1130. The van der Waals surface area contributed by atoms with E-state index >= 15 is 0 Å². The van der Waals surface area contributed by atoms with Crippen LogP contribution in [0, 0.1) is 0 Å². The van der Waals surface area contributed by atoms with Crippen LogP contribution in [0.5, 0.6) is 5.75 Å². The van der Waals surface area contributed by atoms with Gasteiger partial charge >= 0.3 is 12.1 Å². The zero-order valence-corrected chi connectivity index (χ0v) is 20.1. The summed E-state index contributed by atoms with van der Waals surface area (Å²) >= 11 is 0. The van der Waals surface area contributed by atoms with E-state index < -0.39 is 11.7 Å². The summed E-state index contributed by atoms with van der Waals surface area (Å²) in [6, 6.07) is 23.6. The van der Waals surface area contributed by atoms with E-state index in [0.717, 1.165) is 27.8 Å². The van der Waals surface area contributed by atoms with Crippen molar-refractivity contribution in [1.29, 1.82) is 0 Å². The molecule has 0 spiro atoms. The van der Waals surface area contributed by atoms with Crippen molar-refractivity contribution >= 4 is 12.1 Å². The number of carbonyl (C=O) groups is 2. The minimum Gasteiger partial charge on any atom is -0.489 e. The number of methoxy groups -OCH3 is 1. The van der Waals surface area contributed by atoms with Crippen molar-refractivity contribution in [2.75, 3.05) is 7.11 Å². The number of nitrogens with one attached hydrogen (secondary N) is 1. The molecule has 0 aliphatic heterocycles. The Labute approximate surface area is 200 Å². The molecule has 3 aromatic rings. The van der Waals surface area contributed by atoms with Crippen molar-refractivity contribution in [2.45, 2.75) is 45.9 Å². The van der Waals surface area contributed by atoms with Crippen LogP contribution >= 0.6 is 0 Å². The molecule has 0 unspecified atom stereocenters. The molecule has 1 N–H and O–H groups in total. The predicted octanol–water partition coefficient (Wildman–Crippen LogP) is 5.67. The molecule has 3 aromatic carbocycles. The monoisotopic (exact) mass is 461 g/mol. The summed E-state index contributed by atoms with van der Waals surface area (Å²) in [4.78, 5) is 23.6. The standard InChI is InChI=1S/C28H31NO5/c1-28(2,3)34-27(31)29-18-20-9-7-12-22(15-20)23-13-8-10-21(16-23)19-33-25-14-6-5-11-24(25)17-26(30)32-4/h5-16H,17-19H2,1-4H3,(H,29,31). The highest BCUT2D eigenvalue weighted by molar-refractivity contribution is 5.73. The fourth-order valence-corrected chi connectivity index (χ4v) is 3.37. The molecule has 0 heterocycles. The first kappa shape index (κ1) is 24.8. The van der Waals surface area contributed by atoms with Gasteiger partial charge in [-0.15, -0.1) is 0 Å². The number of carbonyl (C=O) groups excluding carboxylic acids is 2. The van der Waals surface area contributed by atoms with Crippen LogP contribution in [0.3, 0.4) is 0 Å². The summed E-state index contributed by atoms with van der Waals surface area (Å²) in [5.41, 5.74) is 4.31. The molecular formula is C28H31NO5. The number of ether oxygens (including phenoxy) is 3. The smallest absolute Gasteiger partial charge is 0.407 e. The molecule has 0 saturated carbocycles. The van der Waals surface area contributed by atoms with Crippen molar-refractivity contribution in [2.24, 2.45) is 0 Å². The van der Waals surface area contributed by atoms with Crippen molar-refractivity contribution in [1.82, 2.24) is 5.32 Å². The first-order valence-electron chi connectivity index (χ1n) is 11.2. The van der Waals surface area contributed by atoms with Gasteiger partial charge in [0.2, 0.25) is 0 Å². The lowest BCUT2D eigenvalue weighted by Gasteiger charge is -2.19. The number of para-hydroxylation sites is 1. The maximum absolute atomic E-state index is 11.9. The Morgan fingerprint density at radius 2 is 1.50 bits per heavy atom. The molecule has 0 aliphatic carbocycles. The first-order valence-corrected chi connectivity index (χ1v) is 11.2. The van der Waals surface area contributed by atoms with Crippen LogP contribution in [0.25, 0.3) is 11.1 Å². The number of amides is 1. The molecule has 0 aromatic heterocycles. The van der Waals surface area contributed by atoms with Crippen molar-refractivity contribution < 1.29 is 23.8 Å². The Morgan fingerprint density at radius 1 is 0.853 bits per heavy atom. The highest BCUT2D eigenvalue weighted by atomic mass is 16.6. The third-order valence-corrected chi connectivity index (χ3v) is 4.95. The van der Waals surface area contributed by atoms with Crippen molar-refractivity contribution in [3.8, 4) is 16.9 Å². The lowest BCUT2D eigenvalue weighted by Crippen LogP contribution is -2.32. The summed E-state index contributed by atoms with van der Waals surface area (Å²) in [6.07, 6.45) is -0.277. The molecule has 0 atom stereocenters. The second-order valence-electron chi connectivity index (χ2n) is 8.91. The summed E-state index contributed by atoms with van der Waals surface area (Å²) in [5, 5.41) is 2.79. The average molecular weight is 462 g/mol. The first-order chi connectivity index (χ1) is 16.2. The average Bonchev–Trinajstić information content (AvgIpc) is 2.81. The normalized spacial score (nSPS) is 10.9. The minimum atomic E-state index is -0.533. The SMILES string of the molecule is COC(=O)Cc1ccccc1OCc1cccc(-c2cccc(CNC(=O)OC(C)(C)C)c2)c1. The summed E-state index contributed by atoms with van der Waals surface area (Å²) in [7, 11) is 1.37. The van der Waals surface area contributed by atoms with Gasteiger partial charge in [-0.05, 0) is 61.2 Å². The van der Waals surface area contributed by atoms with E-state index in [1.54, 1.807) is 0 Å². The topological polar surface area (TPSA) is 73.9 Å². The van der Waals surface area contributed by atoms with Gasteiger partial charge in [-0.2, -0.15) is 0 Å². The van der Waals surface area contributed by atoms with Gasteiger partial charge in [0.05, 0.1) is 13.5 Å². The third-order valence-electron chi connectivity index (χ3n) is 4.95. The van der Waals surface area contributed by atoms with E-state index in [-0.39, 0.29) is 12.4 Å². The highest BCUT2D eigenvalue weighted by Gasteiger charge is 2.15. The number of hydrogen-bond donors (Lipinski definition) is 1. The summed E-state index contributed by atoms with van der Waals surface area (Å²) in [5.74, 6) is 0.354. The van der Waals surface area contributed by atoms with Gasteiger partial charge in [-0.3, -0.25) is 4.79 Å². The molecule has 0 saturated heterocycles. The fourth-order valence-electron chi connectivity index (χ4n) is 3.37. The zero-order valence-electron chi connectivity index (χ0n) is 20.1. The molecule has 6 nitrogen and oxygen atoms in total. The number of rotatable bonds is 8. The number of hydrogen-bond acceptors (Lipinski definition) is 5. The van der Waals surface area contributed by atoms with Gasteiger partial charge in [0.15, 0.2) is 0 Å². The Hall–Kier alpha value is -3.80. The zero-order chi connectivity index (χ0) is 24.6. The number of benzene rings is 3. The third kappa shape index (κ3) is 7.66. The van der Waals surface area contributed by atoms with Gasteiger partial charge in [0, 0.05) is 12.1 Å². The Morgan fingerprint density at radius 3 is 2.18 bits per heavy atom. The largest absolute Gasteiger partial charge is 0.489 e. The van der Waals surface area contributed by atoms with Gasteiger partial charge in [-0.25, -0.2) is 4.79 Å². The molecule has 3 rings (SSSR count). The van der Waals surface area contributed by atoms with Crippen LogP contribution in [0.1, 0.15) is 37.5 Å². The Balaban J connectivity index is 1.67. The van der Waals surface area contributed by atoms with Crippen LogP contribution in [-0.2, 0) is 33.8 Å². The molecule has 0 radical (unpaired) electrons. The molecule has 0 aliphatic rings. The van der Waals surface area contributed by atoms with E-state index in [1.807, 2.05) is 87.5 Å². The summed E-state index contributed by atoms with van der Waals surface area (Å²) < 4.78 is 16.1. The fraction of sp³-hybridized carbons (Fsp3) is 0.286. The molecule has 0 bridgehead atoms. The van der Waals surface area contributed by atoms with Gasteiger partial charge in [0.25, 0.3) is 0 Å². The Kier molecular flexibility index (Phi) is 8.30. The number of esters is 1. The molecule has 0 fully saturated rings. The van der Waals surface area contributed by atoms with Gasteiger partial charge in [-0.1, -0.05) is 54.6 Å². The molecule has 1 amide bonds. The predicted molar refractivity (Wildman–Crippen MR) is 131 cm³/mol. The van der Waals surface area contributed by atoms with Crippen LogP contribution < -0.4 is 10.1 Å². The van der Waals surface area contributed by atoms with E-state index in [1.165, 1.54) is 7.11 Å². The minimum absolute atomic E-state index is 0.164. The molecule has 178 valence electrons. The van der Waals surface area contributed by atoms with Crippen molar-refractivity contribution in [3.63, 3.8) is 0 Å². The van der Waals surface area contributed by atoms with Crippen LogP contribution in [0.15, 0.2) is 72.8 Å². The highest BCUT2D eigenvalue weighted by Crippen LogP contribution is 2.24.